The first-order chi connectivity index (χ1) is 13.1. The second-order valence-corrected chi connectivity index (χ2v) is 7.30. The van der Waals surface area contributed by atoms with Crippen LogP contribution in [0.25, 0.3) is 0 Å². The lowest BCUT2D eigenvalue weighted by molar-refractivity contribution is -0.138. The van der Waals surface area contributed by atoms with Gasteiger partial charge < -0.3 is 19.9 Å². The van der Waals surface area contributed by atoms with Gasteiger partial charge in [-0.3, -0.25) is 4.79 Å². The Labute approximate surface area is 159 Å². The Kier molecular flexibility index (Phi) is 4.70. The molecule has 0 saturated carbocycles. The molecule has 2 aromatic rings. The van der Waals surface area contributed by atoms with Crippen molar-refractivity contribution in [3.8, 4) is 0 Å². The van der Waals surface area contributed by atoms with E-state index in [-0.39, 0.29) is 24.6 Å². The minimum atomic E-state index is 0.00354. The molecule has 2 atom stereocenters. The van der Waals surface area contributed by atoms with E-state index >= 15 is 0 Å². The number of ether oxygens (including phenoxy) is 1. The van der Waals surface area contributed by atoms with Crippen LogP contribution in [0.1, 0.15) is 30.1 Å². The van der Waals surface area contributed by atoms with Crippen LogP contribution in [0.2, 0.25) is 0 Å². The van der Waals surface area contributed by atoms with E-state index in [0.717, 1.165) is 42.0 Å². The van der Waals surface area contributed by atoms with Crippen molar-refractivity contribution in [3.05, 3.63) is 41.6 Å². The van der Waals surface area contributed by atoms with Gasteiger partial charge in [0.05, 0.1) is 11.7 Å². The number of amides is 1. The van der Waals surface area contributed by atoms with E-state index in [4.69, 9.17) is 14.7 Å². The minimum absolute atomic E-state index is 0.00354. The van der Waals surface area contributed by atoms with Crippen LogP contribution in [-0.2, 0) is 16.0 Å². The lowest BCUT2D eigenvalue weighted by Crippen LogP contribution is -2.44. The summed E-state index contributed by atoms with van der Waals surface area (Å²) in [5.74, 6) is 1.51. The number of carbonyl (C=O) groups is 1. The molecule has 27 heavy (non-hydrogen) atoms. The molecule has 1 aromatic carbocycles. The molecule has 1 amide bonds. The van der Waals surface area contributed by atoms with Crippen molar-refractivity contribution in [1.82, 2.24) is 14.9 Å². The molecule has 2 bridgehead atoms. The maximum atomic E-state index is 12.6. The normalized spacial score (nSPS) is 20.3. The number of rotatable bonds is 5. The zero-order valence-corrected chi connectivity index (χ0v) is 16.0. The van der Waals surface area contributed by atoms with Crippen molar-refractivity contribution in [1.29, 1.82) is 0 Å². The van der Waals surface area contributed by atoms with Crippen molar-refractivity contribution < 1.29 is 9.53 Å². The Hall–Kier alpha value is -2.67. The highest BCUT2D eigenvalue weighted by Crippen LogP contribution is 2.46. The molecule has 2 aliphatic rings. The summed E-state index contributed by atoms with van der Waals surface area (Å²) in [6.07, 6.45) is 2.67. The molecule has 1 fully saturated rings. The third-order valence-electron chi connectivity index (χ3n) is 5.27. The van der Waals surface area contributed by atoms with Gasteiger partial charge >= 0.3 is 0 Å². The molecule has 1 N–H and O–H groups in total. The van der Waals surface area contributed by atoms with Gasteiger partial charge in [-0.05, 0) is 25.0 Å². The van der Waals surface area contributed by atoms with Gasteiger partial charge in [-0.2, -0.15) is 4.98 Å². The summed E-state index contributed by atoms with van der Waals surface area (Å²) >= 11 is 0. The monoisotopic (exact) mass is 367 g/mol. The standard InChI is InChI=1S/C20H25N5O2/c1-24(2)20-22-15-11-14-9-10-16(25(14)17(26)12-27-3)18(15)19(23-20)21-13-7-5-4-6-8-13/h4-8,14,16H,9-12H2,1-3H3,(H,21,22,23)/t14-,16+/m1/s1. The SMILES string of the molecule is COCC(=O)N1[C@@H]2CC[C@H]1c1c(nc(N(C)C)nc1Nc1ccccc1)C2. The second-order valence-electron chi connectivity index (χ2n) is 7.30. The number of aromatic nitrogens is 2. The zero-order valence-electron chi connectivity index (χ0n) is 16.0. The van der Waals surface area contributed by atoms with Crippen molar-refractivity contribution in [2.75, 3.05) is 38.0 Å². The Morgan fingerprint density at radius 1 is 1.26 bits per heavy atom. The lowest BCUT2D eigenvalue weighted by Gasteiger charge is -2.37. The highest BCUT2D eigenvalue weighted by Gasteiger charge is 2.44. The lowest BCUT2D eigenvalue weighted by atomic mass is 9.97. The topological polar surface area (TPSA) is 70.6 Å². The molecule has 0 spiro atoms. The van der Waals surface area contributed by atoms with Crippen LogP contribution < -0.4 is 10.2 Å². The van der Waals surface area contributed by atoms with Gasteiger partial charge in [0.25, 0.3) is 0 Å². The van der Waals surface area contributed by atoms with E-state index in [9.17, 15) is 4.79 Å². The fraction of sp³-hybridized carbons (Fsp3) is 0.450. The molecule has 0 radical (unpaired) electrons. The first kappa shape index (κ1) is 17.7. The number of anilines is 3. The number of carbonyl (C=O) groups excluding carboxylic acids is 1. The summed E-state index contributed by atoms with van der Waals surface area (Å²) in [5, 5.41) is 3.45. The van der Waals surface area contributed by atoms with Crippen molar-refractivity contribution in [3.63, 3.8) is 0 Å². The molecule has 7 heteroatoms. The summed E-state index contributed by atoms with van der Waals surface area (Å²) in [6.45, 7) is 0.112. The van der Waals surface area contributed by atoms with Crippen molar-refractivity contribution >= 4 is 23.4 Å². The Bertz CT molecular complexity index is 840. The van der Waals surface area contributed by atoms with E-state index in [2.05, 4.69) is 5.32 Å². The molecule has 142 valence electrons. The number of nitrogens with zero attached hydrogens (tertiary/aromatic N) is 4. The van der Waals surface area contributed by atoms with Gasteiger partial charge in [-0.15, -0.1) is 0 Å². The molecule has 7 nitrogen and oxygen atoms in total. The van der Waals surface area contributed by atoms with Crippen LogP contribution >= 0.6 is 0 Å². The predicted octanol–water partition coefficient (Wildman–Crippen LogP) is 2.52. The molecule has 0 aliphatic carbocycles. The molecular weight excluding hydrogens is 342 g/mol. The van der Waals surface area contributed by atoms with Gasteiger partial charge in [0.15, 0.2) is 0 Å². The third-order valence-corrected chi connectivity index (χ3v) is 5.27. The van der Waals surface area contributed by atoms with Gasteiger partial charge in [0.1, 0.15) is 12.4 Å². The fourth-order valence-corrected chi connectivity index (χ4v) is 4.13. The molecular formula is C20H25N5O2. The summed E-state index contributed by atoms with van der Waals surface area (Å²) in [7, 11) is 5.45. The molecule has 1 saturated heterocycles. The number of nitrogens with one attached hydrogen (secondary N) is 1. The van der Waals surface area contributed by atoms with Crippen LogP contribution in [0.3, 0.4) is 0 Å². The second kappa shape index (κ2) is 7.15. The number of benzene rings is 1. The van der Waals surface area contributed by atoms with E-state index < -0.39 is 0 Å². The molecule has 0 unspecified atom stereocenters. The van der Waals surface area contributed by atoms with Crippen LogP contribution in [0.5, 0.6) is 0 Å². The van der Waals surface area contributed by atoms with Gasteiger partial charge in [0, 0.05) is 44.9 Å². The number of hydrogen-bond acceptors (Lipinski definition) is 6. The first-order valence-corrected chi connectivity index (χ1v) is 9.28. The Balaban J connectivity index is 1.78. The summed E-state index contributed by atoms with van der Waals surface area (Å²) in [4.78, 5) is 26.1. The van der Waals surface area contributed by atoms with Crippen LogP contribution in [0, 0.1) is 0 Å². The van der Waals surface area contributed by atoms with E-state index in [1.165, 1.54) is 0 Å². The largest absolute Gasteiger partial charge is 0.375 e. The summed E-state index contributed by atoms with van der Waals surface area (Å²) in [5.41, 5.74) is 3.06. The molecule has 1 aromatic heterocycles. The first-order valence-electron chi connectivity index (χ1n) is 9.28. The average Bonchev–Trinajstić information content (AvgIpc) is 2.96. The van der Waals surface area contributed by atoms with E-state index in [1.54, 1.807) is 7.11 Å². The summed E-state index contributed by atoms with van der Waals surface area (Å²) in [6, 6.07) is 10.2. The average molecular weight is 367 g/mol. The molecule has 4 rings (SSSR count). The van der Waals surface area contributed by atoms with Crippen molar-refractivity contribution in [2.45, 2.75) is 31.3 Å². The Morgan fingerprint density at radius 2 is 2.04 bits per heavy atom. The number of hydrogen-bond donors (Lipinski definition) is 1. The van der Waals surface area contributed by atoms with Crippen LogP contribution in [0.4, 0.5) is 17.5 Å². The maximum absolute atomic E-state index is 12.6. The third kappa shape index (κ3) is 3.23. The van der Waals surface area contributed by atoms with E-state index in [1.807, 2.05) is 54.2 Å². The number of fused-ring (bicyclic) bond motifs is 4. The highest BCUT2D eigenvalue weighted by atomic mass is 16.5. The van der Waals surface area contributed by atoms with Crippen LogP contribution in [-0.4, -0.2) is 54.6 Å². The van der Waals surface area contributed by atoms with Crippen LogP contribution in [0.15, 0.2) is 30.3 Å². The number of methoxy groups -OCH3 is 1. The molecule has 3 heterocycles. The quantitative estimate of drug-likeness (QED) is 0.876. The maximum Gasteiger partial charge on any atom is 0.249 e. The van der Waals surface area contributed by atoms with E-state index in [0.29, 0.717) is 5.95 Å². The van der Waals surface area contributed by atoms with Gasteiger partial charge in [0.2, 0.25) is 11.9 Å². The van der Waals surface area contributed by atoms with Crippen molar-refractivity contribution in [2.24, 2.45) is 0 Å². The fourth-order valence-electron chi connectivity index (χ4n) is 4.13. The summed E-state index contributed by atoms with van der Waals surface area (Å²) < 4.78 is 5.10. The smallest absolute Gasteiger partial charge is 0.249 e. The predicted molar refractivity (Wildman–Crippen MR) is 104 cm³/mol. The zero-order chi connectivity index (χ0) is 19.0. The highest BCUT2D eigenvalue weighted by molar-refractivity contribution is 5.80. The Morgan fingerprint density at radius 3 is 2.74 bits per heavy atom. The van der Waals surface area contributed by atoms with Gasteiger partial charge in [-0.1, -0.05) is 18.2 Å². The van der Waals surface area contributed by atoms with Gasteiger partial charge in [-0.25, -0.2) is 4.98 Å². The number of para-hydroxylation sites is 1. The minimum Gasteiger partial charge on any atom is -0.375 e. The molecule has 2 aliphatic heterocycles.